The van der Waals surface area contributed by atoms with Crippen LogP contribution >= 0.6 is 11.6 Å². The number of nitrogens with one attached hydrogen (secondary N) is 1. The Hall–Kier alpha value is -3.46. The Bertz CT molecular complexity index is 1380. The molecule has 2 fully saturated rings. The summed E-state index contributed by atoms with van der Waals surface area (Å²) in [6.45, 7) is 0.640. The van der Waals surface area contributed by atoms with E-state index < -0.39 is 5.97 Å². The number of imidazole rings is 1. The van der Waals surface area contributed by atoms with E-state index in [1.54, 1.807) is 6.07 Å². The van der Waals surface area contributed by atoms with Crippen LogP contribution in [-0.2, 0) is 14.3 Å². The first-order chi connectivity index (χ1) is 17.0. The molecule has 0 aliphatic carbocycles. The third-order valence-electron chi connectivity index (χ3n) is 6.48. The van der Waals surface area contributed by atoms with Gasteiger partial charge in [-0.1, -0.05) is 66.2 Å². The molecule has 2 aromatic heterocycles. The standard InChI is InChI=1S/C26H22ClN3O5/c27-18-11-19-25(29-22(18)16-8-6-15(7-9-16)14-4-2-1-3-5-14)30-26(28-19)35-20-13-34-23-17(10-21(31)32)12-33-24(20)23/h1-9,11,17,20,23-24H,10,12-13H2,(H,31,32)(H,28,29,30)/t17-,20-,23-,24-/m1/s1. The number of fused-ring (bicyclic) bond motifs is 2. The van der Waals surface area contributed by atoms with Crippen LogP contribution in [0.1, 0.15) is 6.42 Å². The van der Waals surface area contributed by atoms with Crippen LogP contribution < -0.4 is 4.74 Å². The molecule has 4 heterocycles. The molecule has 6 rings (SSSR count). The molecule has 178 valence electrons. The Morgan fingerprint density at radius 1 is 1.00 bits per heavy atom. The molecule has 0 radical (unpaired) electrons. The topological polar surface area (TPSA) is 107 Å². The average molecular weight is 492 g/mol. The zero-order chi connectivity index (χ0) is 23.9. The van der Waals surface area contributed by atoms with E-state index in [1.807, 2.05) is 42.5 Å². The second kappa shape index (κ2) is 8.96. The Kier molecular flexibility index (Phi) is 5.64. The van der Waals surface area contributed by atoms with E-state index in [0.717, 1.165) is 16.7 Å². The number of aromatic amines is 1. The average Bonchev–Trinajstić information content (AvgIpc) is 3.55. The van der Waals surface area contributed by atoms with Gasteiger partial charge in [-0.15, -0.1) is 0 Å². The first-order valence-electron chi connectivity index (χ1n) is 11.4. The molecule has 2 saturated heterocycles. The number of hydrogen-bond donors (Lipinski definition) is 2. The molecule has 35 heavy (non-hydrogen) atoms. The number of carboxylic acid groups (broad SMARTS) is 1. The lowest BCUT2D eigenvalue weighted by atomic mass is 9.98. The number of hydrogen-bond acceptors (Lipinski definition) is 6. The summed E-state index contributed by atoms with van der Waals surface area (Å²) < 4.78 is 17.6. The van der Waals surface area contributed by atoms with Gasteiger partial charge in [0.15, 0.2) is 11.8 Å². The van der Waals surface area contributed by atoms with Gasteiger partial charge in [0.05, 0.1) is 42.0 Å². The predicted molar refractivity (Wildman–Crippen MR) is 129 cm³/mol. The molecule has 2 N–H and O–H groups in total. The van der Waals surface area contributed by atoms with E-state index in [2.05, 4.69) is 27.1 Å². The lowest BCUT2D eigenvalue weighted by Crippen LogP contribution is -2.34. The molecule has 0 amide bonds. The van der Waals surface area contributed by atoms with Gasteiger partial charge in [-0.3, -0.25) is 4.79 Å². The Balaban J connectivity index is 1.21. The van der Waals surface area contributed by atoms with Crippen LogP contribution in [0.2, 0.25) is 5.02 Å². The maximum atomic E-state index is 11.1. The molecule has 4 aromatic rings. The molecule has 2 aliphatic heterocycles. The van der Waals surface area contributed by atoms with Crippen LogP contribution in [0.3, 0.4) is 0 Å². The first-order valence-corrected chi connectivity index (χ1v) is 11.8. The summed E-state index contributed by atoms with van der Waals surface area (Å²) in [7, 11) is 0. The Morgan fingerprint density at radius 2 is 1.71 bits per heavy atom. The highest BCUT2D eigenvalue weighted by Crippen LogP contribution is 2.35. The number of carbonyl (C=O) groups is 1. The number of aromatic nitrogens is 3. The van der Waals surface area contributed by atoms with Crippen LogP contribution in [0, 0.1) is 5.92 Å². The minimum absolute atomic E-state index is 0.00997. The number of ether oxygens (including phenoxy) is 3. The summed E-state index contributed by atoms with van der Waals surface area (Å²) in [5.74, 6) is -1.05. The number of benzene rings is 2. The van der Waals surface area contributed by atoms with Crippen LogP contribution in [0.5, 0.6) is 6.01 Å². The molecule has 0 saturated carbocycles. The highest BCUT2D eigenvalue weighted by molar-refractivity contribution is 6.33. The van der Waals surface area contributed by atoms with Crippen molar-refractivity contribution in [2.24, 2.45) is 5.92 Å². The van der Waals surface area contributed by atoms with Crippen LogP contribution in [-0.4, -0.2) is 57.6 Å². The number of H-pyrrole nitrogens is 1. The van der Waals surface area contributed by atoms with Crippen molar-refractivity contribution in [3.8, 4) is 28.4 Å². The normalized spacial score (nSPS) is 23.5. The lowest BCUT2D eigenvalue weighted by molar-refractivity contribution is -0.138. The van der Waals surface area contributed by atoms with Crippen LogP contribution in [0.15, 0.2) is 60.7 Å². The minimum Gasteiger partial charge on any atom is -0.481 e. The summed E-state index contributed by atoms with van der Waals surface area (Å²) >= 11 is 6.57. The van der Waals surface area contributed by atoms with Gasteiger partial charge in [-0.2, -0.15) is 4.98 Å². The van der Waals surface area contributed by atoms with Crippen LogP contribution in [0.4, 0.5) is 0 Å². The third-order valence-corrected chi connectivity index (χ3v) is 6.77. The molecule has 0 spiro atoms. The van der Waals surface area contributed by atoms with Crippen molar-refractivity contribution in [2.75, 3.05) is 13.2 Å². The number of pyridine rings is 1. The quantitative estimate of drug-likeness (QED) is 0.406. The zero-order valence-electron chi connectivity index (χ0n) is 18.6. The number of rotatable bonds is 6. The maximum absolute atomic E-state index is 11.1. The highest BCUT2D eigenvalue weighted by atomic mass is 35.5. The smallest absolute Gasteiger partial charge is 0.303 e. The third kappa shape index (κ3) is 4.25. The summed E-state index contributed by atoms with van der Waals surface area (Å²) in [4.78, 5) is 23.4. The second-order valence-electron chi connectivity index (χ2n) is 8.79. The lowest BCUT2D eigenvalue weighted by Gasteiger charge is -2.16. The van der Waals surface area contributed by atoms with E-state index in [1.165, 1.54) is 0 Å². The van der Waals surface area contributed by atoms with Crippen molar-refractivity contribution in [1.29, 1.82) is 0 Å². The van der Waals surface area contributed by atoms with Crippen molar-refractivity contribution in [3.05, 3.63) is 65.7 Å². The molecule has 8 nitrogen and oxygen atoms in total. The number of halogens is 1. The largest absolute Gasteiger partial charge is 0.481 e. The SMILES string of the molecule is O=C(O)C[C@@H]1CO[C@H]2[C@@H]1OC[C@H]2Oc1nc2nc(-c3ccc(-c4ccccc4)cc3)c(Cl)cc2[nH]1. The summed E-state index contributed by atoms with van der Waals surface area (Å²) in [5, 5.41) is 9.59. The maximum Gasteiger partial charge on any atom is 0.303 e. The van der Waals surface area contributed by atoms with Gasteiger partial charge in [0, 0.05) is 11.5 Å². The molecule has 0 unspecified atom stereocenters. The van der Waals surface area contributed by atoms with E-state index in [9.17, 15) is 4.79 Å². The molecule has 0 bridgehead atoms. The summed E-state index contributed by atoms with van der Waals surface area (Å²) in [5.41, 5.74) is 4.91. The predicted octanol–water partition coefficient (Wildman–Crippen LogP) is 4.58. The molecular formula is C26H22ClN3O5. The van der Waals surface area contributed by atoms with E-state index >= 15 is 0 Å². The summed E-state index contributed by atoms with van der Waals surface area (Å²) in [6.07, 6.45) is -1.00. The van der Waals surface area contributed by atoms with Crippen molar-refractivity contribution >= 4 is 28.7 Å². The second-order valence-corrected chi connectivity index (χ2v) is 9.19. The fourth-order valence-electron chi connectivity index (χ4n) is 4.79. The molecular weight excluding hydrogens is 470 g/mol. The first kappa shape index (κ1) is 22.0. The number of aliphatic carboxylic acids is 1. The van der Waals surface area contributed by atoms with Gasteiger partial charge >= 0.3 is 5.97 Å². The van der Waals surface area contributed by atoms with Crippen molar-refractivity contribution in [1.82, 2.24) is 15.0 Å². The van der Waals surface area contributed by atoms with E-state index in [0.29, 0.717) is 41.1 Å². The molecule has 2 aliphatic rings. The van der Waals surface area contributed by atoms with Crippen molar-refractivity contribution in [3.63, 3.8) is 0 Å². The van der Waals surface area contributed by atoms with Gasteiger partial charge in [0.2, 0.25) is 0 Å². The molecule has 4 atom stereocenters. The zero-order valence-corrected chi connectivity index (χ0v) is 19.3. The highest BCUT2D eigenvalue weighted by Gasteiger charge is 2.49. The Morgan fingerprint density at radius 3 is 2.49 bits per heavy atom. The van der Waals surface area contributed by atoms with E-state index in [-0.39, 0.29) is 30.7 Å². The fourth-order valence-corrected chi connectivity index (χ4v) is 5.05. The van der Waals surface area contributed by atoms with Crippen molar-refractivity contribution in [2.45, 2.75) is 24.7 Å². The fraction of sp³-hybridized carbons (Fsp3) is 0.269. The summed E-state index contributed by atoms with van der Waals surface area (Å²) in [6, 6.07) is 20.3. The van der Waals surface area contributed by atoms with Gasteiger partial charge in [0.1, 0.15) is 6.10 Å². The van der Waals surface area contributed by atoms with Gasteiger partial charge in [0.25, 0.3) is 6.01 Å². The van der Waals surface area contributed by atoms with Gasteiger partial charge in [-0.05, 0) is 17.2 Å². The Labute approximate surface area is 205 Å². The number of nitrogens with zero attached hydrogens (tertiary/aromatic N) is 2. The minimum atomic E-state index is -0.863. The number of carboxylic acids is 1. The molecule has 9 heteroatoms. The molecule has 2 aromatic carbocycles. The van der Waals surface area contributed by atoms with E-state index in [4.69, 9.17) is 30.9 Å². The van der Waals surface area contributed by atoms with Crippen molar-refractivity contribution < 1.29 is 24.1 Å². The van der Waals surface area contributed by atoms with Crippen LogP contribution in [0.25, 0.3) is 33.5 Å². The van der Waals surface area contributed by atoms with Gasteiger partial charge < -0.3 is 24.3 Å². The van der Waals surface area contributed by atoms with Gasteiger partial charge in [-0.25, -0.2) is 4.98 Å². The monoisotopic (exact) mass is 491 g/mol.